The Morgan fingerprint density at radius 1 is 1.38 bits per heavy atom. The standard InChI is InChI=1S/C17H20O4/c1-8-7-14(20-11(4)18)10(3)15-12(8)5-6-13-9(2)17(19)21-16(13)15/h7,9,13,16H,5-6H2,1-4H3/t9-,13-,16-/m1/s1. The van der Waals surface area contributed by atoms with Gasteiger partial charge in [0.2, 0.25) is 0 Å². The van der Waals surface area contributed by atoms with Crippen molar-refractivity contribution < 1.29 is 19.1 Å². The van der Waals surface area contributed by atoms with Crippen molar-refractivity contribution in [1.29, 1.82) is 0 Å². The van der Waals surface area contributed by atoms with Crippen LogP contribution in [0.1, 0.15) is 48.6 Å². The van der Waals surface area contributed by atoms with Crippen molar-refractivity contribution in [2.45, 2.75) is 46.6 Å². The number of aryl methyl sites for hydroxylation is 1. The molecular formula is C17H20O4. The van der Waals surface area contributed by atoms with Gasteiger partial charge in [-0.25, -0.2) is 0 Å². The van der Waals surface area contributed by atoms with Crippen molar-refractivity contribution in [1.82, 2.24) is 0 Å². The summed E-state index contributed by atoms with van der Waals surface area (Å²) in [5, 5.41) is 0. The van der Waals surface area contributed by atoms with Crippen LogP contribution in [0.2, 0.25) is 0 Å². The minimum atomic E-state index is -0.332. The van der Waals surface area contributed by atoms with E-state index in [2.05, 4.69) is 0 Å². The van der Waals surface area contributed by atoms with Gasteiger partial charge in [-0.05, 0) is 49.4 Å². The van der Waals surface area contributed by atoms with Gasteiger partial charge < -0.3 is 9.47 Å². The Labute approximate surface area is 124 Å². The Balaban J connectivity index is 2.13. The van der Waals surface area contributed by atoms with Gasteiger partial charge in [0.1, 0.15) is 11.9 Å². The van der Waals surface area contributed by atoms with Crippen molar-refractivity contribution in [3.05, 3.63) is 28.3 Å². The van der Waals surface area contributed by atoms with Crippen LogP contribution in [-0.2, 0) is 20.7 Å². The molecule has 1 heterocycles. The van der Waals surface area contributed by atoms with Crippen molar-refractivity contribution in [2.75, 3.05) is 0 Å². The first-order chi connectivity index (χ1) is 9.90. The van der Waals surface area contributed by atoms with Gasteiger partial charge in [0.15, 0.2) is 0 Å². The molecule has 1 aliphatic heterocycles. The molecule has 0 bridgehead atoms. The summed E-state index contributed by atoms with van der Waals surface area (Å²) < 4.78 is 10.9. The average Bonchev–Trinajstić information content (AvgIpc) is 2.70. The Kier molecular flexibility index (Phi) is 3.27. The lowest BCUT2D eigenvalue weighted by molar-refractivity contribution is -0.144. The number of ether oxygens (including phenoxy) is 2. The average molecular weight is 288 g/mol. The zero-order chi connectivity index (χ0) is 15.3. The summed E-state index contributed by atoms with van der Waals surface area (Å²) in [6.45, 7) is 7.30. The summed E-state index contributed by atoms with van der Waals surface area (Å²) in [7, 11) is 0. The van der Waals surface area contributed by atoms with Gasteiger partial charge >= 0.3 is 11.9 Å². The number of esters is 2. The zero-order valence-corrected chi connectivity index (χ0v) is 12.9. The Morgan fingerprint density at radius 3 is 2.76 bits per heavy atom. The molecule has 3 atom stereocenters. The number of carbonyl (C=O) groups is 2. The number of hydrogen-bond acceptors (Lipinski definition) is 4. The lowest BCUT2D eigenvalue weighted by Crippen LogP contribution is -2.23. The molecule has 1 aromatic rings. The van der Waals surface area contributed by atoms with Crippen LogP contribution in [-0.4, -0.2) is 11.9 Å². The lowest BCUT2D eigenvalue weighted by atomic mass is 9.74. The molecule has 0 spiro atoms. The number of hydrogen-bond donors (Lipinski definition) is 0. The molecule has 0 N–H and O–H groups in total. The van der Waals surface area contributed by atoms with Crippen molar-refractivity contribution >= 4 is 11.9 Å². The summed E-state index contributed by atoms with van der Waals surface area (Å²) >= 11 is 0. The molecule has 0 saturated carbocycles. The molecule has 112 valence electrons. The Bertz CT molecular complexity index is 632. The predicted octanol–water partition coefficient (Wildman–Crippen LogP) is 3.03. The highest BCUT2D eigenvalue weighted by atomic mass is 16.6. The van der Waals surface area contributed by atoms with E-state index >= 15 is 0 Å². The van der Waals surface area contributed by atoms with E-state index in [1.807, 2.05) is 26.8 Å². The number of benzene rings is 1. The number of fused-ring (bicyclic) bond motifs is 3. The highest BCUT2D eigenvalue weighted by Gasteiger charge is 2.46. The van der Waals surface area contributed by atoms with Crippen LogP contribution in [0.25, 0.3) is 0 Å². The van der Waals surface area contributed by atoms with Gasteiger partial charge in [0.05, 0.1) is 5.92 Å². The summed E-state index contributed by atoms with van der Waals surface area (Å²) in [4.78, 5) is 23.2. The first-order valence-electron chi connectivity index (χ1n) is 7.42. The maximum Gasteiger partial charge on any atom is 0.309 e. The van der Waals surface area contributed by atoms with Crippen LogP contribution >= 0.6 is 0 Å². The van der Waals surface area contributed by atoms with E-state index in [-0.39, 0.29) is 29.9 Å². The van der Waals surface area contributed by atoms with Crippen LogP contribution in [0.5, 0.6) is 5.75 Å². The van der Waals surface area contributed by atoms with E-state index in [4.69, 9.17) is 9.47 Å². The molecule has 3 rings (SSSR count). The SMILES string of the molecule is CC(=O)Oc1cc(C)c2c(c1C)[C@@H]1OC(=O)[C@H](C)[C@H]1CC2. The van der Waals surface area contributed by atoms with Crippen LogP contribution in [0.15, 0.2) is 6.07 Å². The Hall–Kier alpha value is -1.84. The van der Waals surface area contributed by atoms with E-state index in [9.17, 15) is 9.59 Å². The van der Waals surface area contributed by atoms with Crippen molar-refractivity contribution in [3.8, 4) is 5.75 Å². The molecule has 21 heavy (non-hydrogen) atoms. The third-order valence-corrected chi connectivity index (χ3v) is 4.83. The molecule has 0 aromatic heterocycles. The molecule has 1 aromatic carbocycles. The van der Waals surface area contributed by atoms with E-state index in [1.54, 1.807) is 0 Å². The van der Waals surface area contributed by atoms with Crippen molar-refractivity contribution in [2.24, 2.45) is 11.8 Å². The second kappa shape index (κ2) is 4.86. The minimum absolute atomic E-state index is 0.0553. The second-order valence-electron chi connectivity index (χ2n) is 6.15. The Morgan fingerprint density at radius 2 is 2.10 bits per heavy atom. The molecule has 0 radical (unpaired) electrons. The number of rotatable bonds is 1. The summed E-state index contributed by atoms with van der Waals surface area (Å²) in [5.41, 5.74) is 4.31. The summed E-state index contributed by atoms with van der Waals surface area (Å²) in [6.07, 6.45) is 1.73. The first-order valence-corrected chi connectivity index (χ1v) is 7.42. The minimum Gasteiger partial charge on any atom is -0.457 e. The zero-order valence-electron chi connectivity index (χ0n) is 12.9. The van der Waals surface area contributed by atoms with E-state index in [1.165, 1.54) is 12.5 Å². The van der Waals surface area contributed by atoms with E-state index in [0.717, 1.165) is 29.5 Å². The molecule has 1 aliphatic carbocycles. The fraction of sp³-hybridized carbons (Fsp3) is 0.529. The quantitative estimate of drug-likeness (QED) is 0.589. The largest absolute Gasteiger partial charge is 0.457 e. The van der Waals surface area contributed by atoms with Gasteiger partial charge in [-0.15, -0.1) is 0 Å². The molecule has 4 heteroatoms. The lowest BCUT2D eigenvalue weighted by Gasteiger charge is -2.31. The fourth-order valence-corrected chi connectivity index (χ4v) is 3.68. The molecule has 1 saturated heterocycles. The van der Waals surface area contributed by atoms with Crippen LogP contribution in [0, 0.1) is 25.7 Å². The highest BCUT2D eigenvalue weighted by Crippen LogP contribution is 2.49. The normalized spacial score (nSPS) is 26.9. The van der Waals surface area contributed by atoms with E-state index < -0.39 is 0 Å². The maximum atomic E-state index is 11.9. The summed E-state index contributed by atoms with van der Waals surface area (Å²) in [5.74, 6) is 0.306. The molecule has 0 amide bonds. The van der Waals surface area contributed by atoms with Gasteiger partial charge in [-0.3, -0.25) is 9.59 Å². The maximum absolute atomic E-state index is 11.9. The van der Waals surface area contributed by atoms with Crippen LogP contribution in [0.4, 0.5) is 0 Å². The third kappa shape index (κ3) is 2.13. The fourth-order valence-electron chi connectivity index (χ4n) is 3.68. The van der Waals surface area contributed by atoms with Crippen molar-refractivity contribution in [3.63, 3.8) is 0 Å². The molecular weight excluding hydrogens is 268 g/mol. The monoisotopic (exact) mass is 288 g/mol. The third-order valence-electron chi connectivity index (χ3n) is 4.83. The van der Waals surface area contributed by atoms with Crippen LogP contribution < -0.4 is 4.74 Å². The second-order valence-corrected chi connectivity index (χ2v) is 6.15. The summed E-state index contributed by atoms with van der Waals surface area (Å²) in [6, 6.07) is 1.91. The smallest absolute Gasteiger partial charge is 0.309 e. The van der Waals surface area contributed by atoms with Gasteiger partial charge in [-0.2, -0.15) is 0 Å². The van der Waals surface area contributed by atoms with Gasteiger partial charge in [0.25, 0.3) is 0 Å². The highest BCUT2D eigenvalue weighted by molar-refractivity contribution is 5.76. The topological polar surface area (TPSA) is 52.6 Å². The molecule has 2 aliphatic rings. The van der Waals surface area contributed by atoms with Gasteiger partial charge in [0, 0.05) is 18.4 Å². The number of carbonyl (C=O) groups excluding carboxylic acids is 2. The van der Waals surface area contributed by atoms with Crippen LogP contribution in [0.3, 0.4) is 0 Å². The van der Waals surface area contributed by atoms with Gasteiger partial charge in [-0.1, -0.05) is 6.92 Å². The molecule has 0 unspecified atom stereocenters. The first kappa shape index (κ1) is 14.1. The molecule has 1 fully saturated rings. The molecule has 4 nitrogen and oxygen atoms in total. The predicted molar refractivity (Wildman–Crippen MR) is 77.0 cm³/mol. The van der Waals surface area contributed by atoms with E-state index in [0.29, 0.717) is 5.75 Å².